The molecule has 3 aromatic rings. The molecule has 2 aliphatic rings. The van der Waals surface area contributed by atoms with Crippen LogP contribution in [0.4, 0.5) is 0 Å². The van der Waals surface area contributed by atoms with Gasteiger partial charge in [0.05, 0.1) is 6.10 Å². The maximum absolute atomic E-state index is 12.9. The highest BCUT2D eigenvalue weighted by Gasteiger charge is 2.46. The number of carboxylic acid groups (broad SMARTS) is 1. The van der Waals surface area contributed by atoms with E-state index in [1.807, 2.05) is 6.07 Å². The number of pyridine rings is 1. The van der Waals surface area contributed by atoms with Gasteiger partial charge in [-0.1, -0.05) is 0 Å². The fourth-order valence-corrected chi connectivity index (χ4v) is 5.12. The van der Waals surface area contributed by atoms with Crippen molar-refractivity contribution in [1.29, 1.82) is 0 Å². The number of carboxylic acids is 1. The molecule has 0 saturated heterocycles. The molecular weight excluding hydrogens is 426 g/mol. The van der Waals surface area contributed by atoms with E-state index >= 15 is 0 Å². The molecule has 2 bridgehead atoms. The van der Waals surface area contributed by atoms with Crippen molar-refractivity contribution in [3.63, 3.8) is 0 Å². The van der Waals surface area contributed by atoms with Crippen LogP contribution in [0.1, 0.15) is 29.6 Å². The number of aromatic nitrogens is 4. The van der Waals surface area contributed by atoms with Gasteiger partial charge in [0.2, 0.25) is 5.88 Å². The third kappa shape index (κ3) is 4.51. The van der Waals surface area contributed by atoms with Crippen molar-refractivity contribution < 1.29 is 24.2 Å². The normalized spacial score (nSPS) is 23.7. The number of amides is 1. The molecule has 2 N–H and O–H groups in total. The van der Waals surface area contributed by atoms with Gasteiger partial charge in [-0.05, 0) is 61.3 Å². The Morgan fingerprint density at radius 3 is 2.79 bits per heavy atom. The number of ether oxygens (including phenoxy) is 2. The van der Waals surface area contributed by atoms with E-state index in [1.54, 1.807) is 37.5 Å². The minimum atomic E-state index is -0.937. The molecule has 10 heteroatoms. The van der Waals surface area contributed by atoms with E-state index in [9.17, 15) is 9.59 Å². The molecule has 1 amide bonds. The molecule has 1 aromatic carbocycles. The third-order valence-corrected chi connectivity index (χ3v) is 6.57. The number of aliphatic carboxylic acids is 1. The number of fused-ring (bicyclic) bond motifs is 3. The van der Waals surface area contributed by atoms with Gasteiger partial charge in [-0.3, -0.25) is 4.79 Å². The fraction of sp³-hybridized carbons (Fsp3) is 0.435. The van der Waals surface area contributed by atoms with Crippen LogP contribution in [0.3, 0.4) is 0 Å². The highest BCUT2D eigenvalue weighted by Crippen LogP contribution is 2.49. The number of benzene rings is 1. The molecule has 2 aliphatic carbocycles. The van der Waals surface area contributed by atoms with Crippen LogP contribution in [-0.4, -0.2) is 56.2 Å². The van der Waals surface area contributed by atoms with E-state index in [-0.39, 0.29) is 24.5 Å². The van der Waals surface area contributed by atoms with Crippen molar-refractivity contribution in [2.24, 2.45) is 24.8 Å². The highest BCUT2D eigenvalue weighted by molar-refractivity contribution is 5.96. The summed E-state index contributed by atoms with van der Waals surface area (Å²) in [4.78, 5) is 29.4. The van der Waals surface area contributed by atoms with Crippen molar-refractivity contribution in [2.45, 2.75) is 25.4 Å². The van der Waals surface area contributed by atoms with Gasteiger partial charge in [-0.2, -0.15) is 15.0 Å². The molecule has 2 heterocycles. The molecule has 2 fully saturated rings. The smallest absolute Gasteiger partial charge is 0.329 e. The number of rotatable bonds is 8. The zero-order chi connectivity index (χ0) is 22.9. The van der Waals surface area contributed by atoms with Crippen molar-refractivity contribution in [1.82, 2.24) is 25.3 Å². The zero-order valence-electron chi connectivity index (χ0n) is 18.2. The molecule has 2 aromatic heterocycles. The number of carbonyl (C=O) groups excluding carboxylic acids is 1. The Labute approximate surface area is 189 Å². The van der Waals surface area contributed by atoms with Crippen LogP contribution in [-0.2, 0) is 16.6 Å². The second-order valence-electron chi connectivity index (χ2n) is 8.74. The van der Waals surface area contributed by atoms with Crippen LogP contribution >= 0.6 is 0 Å². The Bertz CT molecular complexity index is 1190. The number of hydrogen-bond donors (Lipinski definition) is 2. The summed E-state index contributed by atoms with van der Waals surface area (Å²) in [7, 11) is 1.75. The summed E-state index contributed by atoms with van der Waals surface area (Å²) >= 11 is 0. The van der Waals surface area contributed by atoms with Crippen LogP contribution in [0, 0.1) is 17.8 Å². The van der Waals surface area contributed by atoms with E-state index in [0.29, 0.717) is 41.1 Å². The van der Waals surface area contributed by atoms with Crippen LogP contribution in [0.5, 0.6) is 11.6 Å². The summed E-state index contributed by atoms with van der Waals surface area (Å²) < 4.78 is 11.4. The average Bonchev–Trinajstić information content (AvgIpc) is 3.49. The Balaban J connectivity index is 1.20. The Kier molecular flexibility index (Phi) is 5.67. The summed E-state index contributed by atoms with van der Waals surface area (Å²) in [5.74, 6) is 0.753. The van der Waals surface area contributed by atoms with Gasteiger partial charge in [0.15, 0.2) is 0 Å². The first kappa shape index (κ1) is 21.3. The van der Waals surface area contributed by atoms with Crippen molar-refractivity contribution in [3.05, 3.63) is 42.1 Å². The summed E-state index contributed by atoms with van der Waals surface area (Å²) in [6.07, 6.45) is 4.41. The topological polar surface area (TPSA) is 128 Å². The number of nitrogens with one attached hydrogen (secondary N) is 1. The zero-order valence-corrected chi connectivity index (χ0v) is 18.2. The van der Waals surface area contributed by atoms with Crippen molar-refractivity contribution in [2.75, 3.05) is 13.2 Å². The SMILES string of the molecule is Cn1nc2ccc(Oc3ncccc3C(=O)NCC3CC4CC3CC4OCC(=O)O)cc2n1. The standard InChI is InChI=1S/C23H25N5O5/c1-28-26-18-5-4-16(10-19(18)27-28)33-23-17(3-2-6-24-23)22(31)25-11-15-8-14-7-13(15)9-20(14)32-12-21(29)30/h2-6,10,13-15,20H,7-9,11-12H2,1H3,(H,25,31)(H,29,30). The predicted molar refractivity (Wildman–Crippen MR) is 117 cm³/mol. The summed E-state index contributed by atoms with van der Waals surface area (Å²) in [5.41, 5.74) is 1.81. The van der Waals surface area contributed by atoms with Crippen LogP contribution in [0.15, 0.2) is 36.5 Å². The van der Waals surface area contributed by atoms with E-state index in [2.05, 4.69) is 20.5 Å². The lowest BCUT2D eigenvalue weighted by Crippen LogP contribution is -2.34. The number of aryl methyl sites for hydroxylation is 1. The van der Waals surface area contributed by atoms with E-state index in [1.165, 1.54) is 4.80 Å². The highest BCUT2D eigenvalue weighted by atomic mass is 16.5. The molecule has 4 atom stereocenters. The van der Waals surface area contributed by atoms with Crippen LogP contribution in [0.25, 0.3) is 11.0 Å². The Hall–Kier alpha value is -3.53. The van der Waals surface area contributed by atoms with E-state index in [4.69, 9.17) is 14.6 Å². The number of nitrogens with zero attached hydrogens (tertiary/aromatic N) is 4. The van der Waals surface area contributed by atoms with Crippen molar-refractivity contribution >= 4 is 22.9 Å². The monoisotopic (exact) mass is 451 g/mol. The molecule has 5 rings (SSSR count). The van der Waals surface area contributed by atoms with Crippen LogP contribution in [0.2, 0.25) is 0 Å². The third-order valence-electron chi connectivity index (χ3n) is 6.57. The summed E-state index contributed by atoms with van der Waals surface area (Å²) in [5, 5.41) is 20.4. The number of carbonyl (C=O) groups is 2. The van der Waals surface area contributed by atoms with Gasteiger partial charge in [0.25, 0.3) is 5.91 Å². The molecule has 2 saturated carbocycles. The van der Waals surface area contributed by atoms with Gasteiger partial charge >= 0.3 is 5.97 Å². The lowest BCUT2D eigenvalue weighted by molar-refractivity contribution is -0.145. The molecule has 0 radical (unpaired) electrons. The van der Waals surface area contributed by atoms with Crippen molar-refractivity contribution in [3.8, 4) is 11.6 Å². The van der Waals surface area contributed by atoms with Gasteiger partial charge in [-0.25, -0.2) is 9.78 Å². The quantitative estimate of drug-likeness (QED) is 0.534. The van der Waals surface area contributed by atoms with E-state index in [0.717, 1.165) is 24.8 Å². The molecule has 4 unspecified atom stereocenters. The predicted octanol–water partition coefficient (Wildman–Crippen LogP) is 2.40. The van der Waals surface area contributed by atoms with Gasteiger partial charge < -0.3 is 19.9 Å². The minimum absolute atomic E-state index is 0.0167. The molecule has 0 aliphatic heterocycles. The molecule has 10 nitrogen and oxygen atoms in total. The molecule has 33 heavy (non-hydrogen) atoms. The lowest BCUT2D eigenvalue weighted by atomic mass is 9.87. The van der Waals surface area contributed by atoms with Gasteiger partial charge in [-0.15, -0.1) is 0 Å². The summed E-state index contributed by atoms with van der Waals surface area (Å²) in [6, 6.07) is 8.73. The maximum atomic E-state index is 12.9. The average molecular weight is 451 g/mol. The largest absolute Gasteiger partial charge is 0.480 e. The maximum Gasteiger partial charge on any atom is 0.329 e. The van der Waals surface area contributed by atoms with Gasteiger partial charge in [0, 0.05) is 25.9 Å². The molecule has 172 valence electrons. The Morgan fingerprint density at radius 1 is 1.15 bits per heavy atom. The minimum Gasteiger partial charge on any atom is -0.480 e. The second-order valence-corrected chi connectivity index (χ2v) is 8.74. The summed E-state index contributed by atoms with van der Waals surface area (Å²) in [6.45, 7) is 0.314. The fourth-order valence-electron chi connectivity index (χ4n) is 5.12. The molecular formula is C23H25N5O5. The second kappa shape index (κ2) is 8.78. The van der Waals surface area contributed by atoms with Gasteiger partial charge in [0.1, 0.15) is 29.0 Å². The lowest BCUT2D eigenvalue weighted by Gasteiger charge is -2.27. The Morgan fingerprint density at radius 2 is 2.00 bits per heavy atom. The van der Waals surface area contributed by atoms with E-state index < -0.39 is 5.97 Å². The molecule has 0 spiro atoms. The van der Waals surface area contributed by atoms with Crippen LogP contribution < -0.4 is 10.1 Å². The number of hydrogen-bond acceptors (Lipinski definition) is 7. The first-order chi connectivity index (χ1) is 16.0. The first-order valence-electron chi connectivity index (χ1n) is 11.0. The first-order valence-corrected chi connectivity index (χ1v) is 11.0.